The second-order valence-electron chi connectivity index (χ2n) is 22.5. The fourth-order valence-corrected chi connectivity index (χ4v) is 11.2. The van der Waals surface area contributed by atoms with Gasteiger partial charge >= 0.3 is 0 Å². The molecule has 8 rings (SSSR count). The third-order valence-electron chi connectivity index (χ3n) is 14.8. The lowest BCUT2D eigenvalue weighted by Crippen LogP contribution is -2.08. The Kier molecular flexibility index (Phi) is 33.4. The fourth-order valence-electron chi connectivity index (χ4n) is 10.4. The first-order chi connectivity index (χ1) is 38.2. The van der Waals surface area contributed by atoms with Crippen LogP contribution < -0.4 is 5.73 Å². The summed E-state index contributed by atoms with van der Waals surface area (Å²) in [5, 5.41) is 0. The maximum absolute atomic E-state index is 10.1. The Balaban J connectivity index is 0.000000296. The molecule has 7 aromatic carbocycles. The van der Waals surface area contributed by atoms with Gasteiger partial charge in [0.05, 0.1) is 16.7 Å². The SMILES string of the molecule is Br.CC(C)c1cccc(C(C)C)c1-n1c(-c2cccc(Br)c2)nc2ccccc21.CC(C)c1cccc(C(C)C)c1Cc1ccccc1N.CCCCCCCCCCCCCCCCc1ccccc1.O.O=Cc1cccc(Br)c1. The van der Waals surface area contributed by atoms with Gasteiger partial charge in [-0.1, -0.05) is 299 Å². The first kappa shape index (κ1) is 70.1. The average Bonchev–Trinajstić information content (AvgIpc) is 4.12. The van der Waals surface area contributed by atoms with Crippen LogP contribution in [0.15, 0.2) is 173 Å². The molecule has 0 radical (unpaired) electrons. The lowest BCUT2D eigenvalue weighted by Gasteiger charge is -2.22. The van der Waals surface area contributed by atoms with E-state index in [0.717, 1.165) is 49.8 Å². The number of imidazole rings is 1. The molecule has 0 aliphatic rings. The van der Waals surface area contributed by atoms with Gasteiger partial charge in [0, 0.05) is 32.2 Å². The summed E-state index contributed by atoms with van der Waals surface area (Å²) in [5.41, 5.74) is 22.0. The molecule has 8 heteroatoms. The number of aryl methyl sites for hydroxylation is 1. The van der Waals surface area contributed by atoms with Gasteiger partial charge in [0.15, 0.2) is 0 Å². The predicted octanol–water partition coefficient (Wildman–Crippen LogP) is 22.5. The Bertz CT molecular complexity index is 2960. The first-order valence-corrected chi connectivity index (χ1v) is 31.4. The van der Waals surface area contributed by atoms with E-state index in [0.29, 0.717) is 29.2 Å². The number of nitrogens with zero attached hydrogens (tertiary/aromatic N) is 2. The molecule has 436 valence electrons. The van der Waals surface area contributed by atoms with E-state index < -0.39 is 0 Å². The van der Waals surface area contributed by atoms with Crippen LogP contribution in [0.1, 0.15) is 225 Å². The Labute approximate surface area is 516 Å². The molecule has 0 aliphatic heterocycles. The summed E-state index contributed by atoms with van der Waals surface area (Å²) in [6, 6.07) is 56.6. The van der Waals surface area contributed by atoms with Crippen molar-refractivity contribution < 1.29 is 10.3 Å². The highest BCUT2D eigenvalue weighted by atomic mass is 79.9. The monoisotopic (exact) mass is 1280 g/mol. The number of fused-ring (bicyclic) bond motifs is 1. The number of anilines is 1. The van der Waals surface area contributed by atoms with E-state index in [2.05, 4.69) is 226 Å². The Morgan fingerprint density at radius 2 is 0.963 bits per heavy atom. The van der Waals surface area contributed by atoms with Crippen LogP contribution in [0.4, 0.5) is 5.69 Å². The number of unbranched alkanes of at least 4 members (excludes halogenated alkanes) is 13. The van der Waals surface area contributed by atoms with Gasteiger partial charge in [0.25, 0.3) is 0 Å². The van der Waals surface area contributed by atoms with E-state index in [-0.39, 0.29) is 22.5 Å². The lowest BCUT2D eigenvalue weighted by atomic mass is 9.85. The zero-order valence-electron chi connectivity index (χ0n) is 50.3. The van der Waals surface area contributed by atoms with E-state index in [1.54, 1.807) is 12.1 Å². The van der Waals surface area contributed by atoms with E-state index in [1.807, 2.05) is 24.3 Å². The number of aromatic nitrogens is 2. The summed E-state index contributed by atoms with van der Waals surface area (Å²) in [7, 11) is 0. The van der Waals surface area contributed by atoms with Crippen LogP contribution in [0.25, 0.3) is 28.1 Å². The maximum Gasteiger partial charge on any atom is 0.150 e. The summed E-state index contributed by atoms with van der Waals surface area (Å²) >= 11 is 6.87. The standard InChI is InChI=1S/C25H25BrN2.C22H38.C19H25N.C7H5BrO.BrH.H2O/c1-16(2)20-11-8-12-21(17(3)4)24(20)28-23-14-6-5-13-22(23)27-25(28)18-9-7-10-19(26)15-18;1-2-3-4-5-6-7-8-9-10-11-12-13-14-16-19-22-20-17-15-18-21-22;1-13(2)16-9-7-10-17(14(3)4)18(16)12-15-8-5-6-11-19(15)20;8-7-3-1-2-6(4-7)5-9;;/h5-17H,1-4H3;15,17-18,20-21H,2-14,16,19H2,1H3;5-11,13-14H,12,20H2,1-4H3;1-5H;1H;1H2. The Hall–Kier alpha value is -5.12. The number of nitrogens with two attached hydrogens (primary N) is 1. The minimum absolute atomic E-state index is 0. The molecule has 1 heterocycles. The molecule has 0 unspecified atom stereocenters. The van der Waals surface area contributed by atoms with Crippen molar-refractivity contribution in [3.05, 3.63) is 217 Å². The van der Waals surface area contributed by atoms with E-state index in [1.165, 1.54) is 141 Å². The van der Waals surface area contributed by atoms with Crippen LogP contribution in [-0.4, -0.2) is 21.3 Å². The van der Waals surface area contributed by atoms with E-state index in [9.17, 15) is 4.79 Å². The van der Waals surface area contributed by atoms with Crippen molar-refractivity contribution in [3.63, 3.8) is 0 Å². The van der Waals surface area contributed by atoms with Crippen LogP contribution in [0.3, 0.4) is 0 Å². The van der Waals surface area contributed by atoms with Crippen molar-refractivity contribution >= 4 is 71.8 Å². The number of benzene rings is 7. The summed E-state index contributed by atoms with van der Waals surface area (Å²) in [6.45, 7) is 20.4. The van der Waals surface area contributed by atoms with Gasteiger partial charge in [-0.05, 0) is 118 Å². The minimum Gasteiger partial charge on any atom is -0.412 e. The zero-order chi connectivity index (χ0) is 56.9. The Morgan fingerprint density at radius 3 is 1.46 bits per heavy atom. The van der Waals surface area contributed by atoms with Crippen LogP contribution >= 0.6 is 48.8 Å². The van der Waals surface area contributed by atoms with Crippen LogP contribution in [0, 0.1) is 0 Å². The van der Waals surface area contributed by atoms with Crippen molar-refractivity contribution in [3.8, 4) is 17.1 Å². The number of para-hydroxylation sites is 4. The van der Waals surface area contributed by atoms with Gasteiger partial charge in [-0.2, -0.15) is 0 Å². The van der Waals surface area contributed by atoms with Crippen LogP contribution in [-0.2, 0) is 12.8 Å². The number of halogens is 3. The molecule has 0 saturated carbocycles. The number of hydrogen-bond donors (Lipinski definition) is 1. The highest BCUT2D eigenvalue weighted by Gasteiger charge is 2.22. The number of rotatable bonds is 24. The molecule has 0 saturated heterocycles. The summed E-state index contributed by atoms with van der Waals surface area (Å²) < 4.78 is 4.36. The maximum atomic E-state index is 10.1. The number of aldehydes is 1. The summed E-state index contributed by atoms with van der Waals surface area (Å²) in [6.07, 6.45) is 23.2. The first-order valence-electron chi connectivity index (χ1n) is 29.8. The number of hydrogen-bond acceptors (Lipinski definition) is 3. The van der Waals surface area contributed by atoms with Crippen LogP contribution in [0.2, 0.25) is 0 Å². The third kappa shape index (κ3) is 23.2. The highest BCUT2D eigenvalue weighted by molar-refractivity contribution is 9.10. The van der Waals surface area contributed by atoms with Gasteiger partial charge < -0.3 is 11.2 Å². The van der Waals surface area contributed by atoms with Crippen molar-refractivity contribution in [2.45, 2.75) is 189 Å². The number of nitrogen functional groups attached to an aromatic ring is 1. The predicted molar refractivity (Wildman–Crippen MR) is 365 cm³/mol. The zero-order valence-corrected chi connectivity index (χ0v) is 55.2. The van der Waals surface area contributed by atoms with Gasteiger partial charge in [-0.15, -0.1) is 17.0 Å². The minimum atomic E-state index is 0. The molecule has 0 spiro atoms. The van der Waals surface area contributed by atoms with E-state index >= 15 is 0 Å². The largest absolute Gasteiger partial charge is 0.412 e. The molecule has 1 aromatic heterocycles. The van der Waals surface area contributed by atoms with Crippen molar-refractivity contribution in [2.75, 3.05) is 5.73 Å². The van der Waals surface area contributed by atoms with E-state index in [4.69, 9.17) is 10.7 Å². The molecule has 8 aromatic rings. The van der Waals surface area contributed by atoms with Gasteiger partial charge in [-0.25, -0.2) is 4.98 Å². The molecule has 0 bridgehead atoms. The van der Waals surface area contributed by atoms with Crippen LogP contribution in [0.5, 0.6) is 0 Å². The number of carbonyl (C=O) groups excluding carboxylic acids is 1. The average molecular weight is 1290 g/mol. The van der Waals surface area contributed by atoms with Crippen molar-refractivity contribution in [2.24, 2.45) is 0 Å². The molecule has 81 heavy (non-hydrogen) atoms. The topological polar surface area (TPSA) is 92.4 Å². The summed E-state index contributed by atoms with van der Waals surface area (Å²) in [4.78, 5) is 15.2. The quantitative estimate of drug-likeness (QED) is 0.0371. The van der Waals surface area contributed by atoms with Gasteiger partial charge in [-0.3, -0.25) is 9.36 Å². The highest BCUT2D eigenvalue weighted by Crippen LogP contribution is 2.38. The molecular weight excluding hydrogens is 1190 g/mol. The molecule has 0 amide bonds. The second-order valence-corrected chi connectivity index (χ2v) is 24.3. The van der Waals surface area contributed by atoms with Crippen molar-refractivity contribution in [1.82, 2.24) is 9.55 Å². The Morgan fingerprint density at radius 1 is 0.506 bits per heavy atom. The smallest absolute Gasteiger partial charge is 0.150 e. The molecule has 0 aliphatic carbocycles. The molecular formula is C73H96Br3N3O2. The molecule has 4 N–H and O–H groups in total. The van der Waals surface area contributed by atoms with Crippen molar-refractivity contribution in [1.29, 1.82) is 0 Å². The second kappa shape index (κ2) is 38.6. The molecule has 0 atom stereocenters. The normalized spacial score (nSPS) is 10.8. The molecule has 5 nitrogen and oxygen atoms in total. The van der Waals surface area contributed by atoms with Gasteiger partial charge in [0.2, 0.25) is 0 Å². The molecule has 0 fully saturated rings. The lowest BCUT2D eigenvalue weighted by molar-refractivity contribution is 0.112. The fraction of sp³-hybridized carbons (Fsp3) is 0.397. The third-order valence-corrected chi connectivity index (χ3v) is 15.8. The number of carbonyl (C=O) groups is 1. The van der Waals surface area contributed by atoms with Gasteiger partial charge in [0.1, 0.15) is 12.1 Å². The summed E-state index contributed by atoms with van der Waals surface area (Å²) in [5.74, 6) is 2.90.